The molecule has 2 unspecified atom stereocenters. The number of aliphatic carboxylic acids is 1. The molecule has 0 aliphatic heterocycles. The summed E-state index contributed by atoms with van der Waals surface area (Å²) in [6.45, 7) is 2.09. The summed E-state index contributed by atoms with van der Waals surface area (Å²) in [6, 6.07) is -1.25. The molecule has 6 heteroatoms. The second-order valence-electron chi connectivity index (χ2n) is 4.22. The third kappa shape index (κ3) is 7.78. The SMILES string of the molecule is CCCCC/C=C\CC(C(O)CC(=O)O)[N+](=O)[O-]. The van der Waals surface area contributed by atoms with E-state index >= 15 is 0 Å². The predicted molar refractivity (Wildman–Crippen MR) is 66.9 cm³/mol. The molecular formula is C12H21NO5. The summed E-state index contributed by atoms with van der Waals surface area (Å²) in [7, 11) is 0. The van der Waals surface area contributed by atoms with Crippen LogP contribution < -0.4 is 0 Å². The lowest BCUT2D eigenvalue weighted by atomic mass is 10.0. The Kier molecular flexibility index (Phi) is 8.82. The van der Waals surface area contributed by atoms with Gasteiger partial charge in [0.05, 0.1) is 6.42 Å². The fourth-order valence-electron chi connectivity index (χ4n) is 1.56. The monoisotopic (exact) mass is 259 g/mol. The largest absolute Gasteiger partial charge is 0.481 e. The predicted octanol–water partition coefficient (Wildman–Crippen LogP) is 1.99. The molecule has 0 rings (SSSR count). The molecule has 0 aromatic heterocycles. The molecule has 0 spiro atoms. The maximum Gasteiger partial charge on any atom is 0.306 e. The van der Waals surface area contributed by atoms with Crippen LogP contribution in [-0.4, -0.2) is 33.3 Å². The number of carboxylic acid groups (broad SMARTS) is 1. The summed E-state index contributed by atoms with van der Waals surface area (Å²) in [5.41, 5.74) is 0. The lowest BCUT2D eigenvalue weighted by Gasteiger charge is -2.12. The molecule has 18 heavy (non-hydrogen) atoms. The van der Waals surface area contributed by atoms with Gasteiger partial charge in [0.1, 0.15) is 6.10 Å². The Morgan fingerprint density at radius 1 is 1.39 bits per heavy atom. The van der Waals surface area contributed by atoms with Crippen molar-refractivity contribution >= 4 is 5.97 Å². The van der Waals surface area contributed by atoms with Gasteiger partial charge in [-0.05, 0) is 12.8 Å². The molecular weight excluding hydrogens is 238 g/mol. The van der Waals surface area contributed by atoms with Crippen molar-refractivity contribution in [3.63, 3.8) is 0 Å². The minimum atomic E-state index is -1.45. The molecule has 0 aromatic rings. The fourth-order valence-corrected chi connectivity index (χ4v) is 1.56. The number of aliphatic hydroxyl groups is 1. The molecule has 0 bridgehead atoms. The van der Waals surface area contributed by atoms with E-state index in [2.05, 4.69) is 6.92 Å². The smallest absolute Gasteiger partial charge is 0.306 e. The first-order valence-electron chi connectivity index (χ1n) is 6.17. The number of rotatable bonds is 10. The number of allylic oxidation sites excluding steroid dienone is 1. The minimum Gasteiger partial charge on any atom is -0.481 e. The van der Waals surface area contributed by atoms with Gasteiger partial charge in [-0.3, -0.25) is 14.9 Å². The number of unbranched alkanes of at least 4 members (excludes halogenated alkanes) is 3. The standard InChI is InChI=1S/C12H21NO5/c1-2-3-4-5-6-7-8-10(13(17)18)11(14)9-12(15)16/h6-7,10-11,14H,2-5,8-9H2,1H3,(H,15,16)/b7-6-. The van der Waals surface area contributed by atoms with E-state index in [4.69, 9.17) is 5.11 Å². The van der Waals surface area contributed by atoms with Crippen molar-refractivity contribution in [3.8, 4) is 0 Å². The highest BCUT2D eigenvalue weighted by Crippen LogP contribution is 2.09. The van der Waals surface area contributed by atoms with E-state index in [0.29, 0.717) is 0 Å². The lowest BCUT2D eigenvalue weighted by molar-refractivity contribution is -0.533. The van der Waals surface area contributed by atoms with Crippen molar-refractivity contribution in [1.82, 2.24) is 0 Å². The molecule has 104 valence electrons. The Morgan fingerprint density at radius 2 is 2.06 bits per heavy atom. The van der Waals surface area contributed by atoms with Crippen molar-refractivity contribution < 1.29 is 19.9 Å². The summed E-state index contributed by atoms with van der Waals surface area (Å²) >= 11 is 0. The van der Waals surface area contributed by atoms with E-state index in [9.17, 15) is 20.0 Å². The van der Waals surface area contributed by atoms with Gasteiger partial charge in [-0.2, -0.15) is 0 Å². The van der Waals surface area contributed by atoms with Crippen LogP contribution in [0, 0.1) is 10.1 Å². The number of hydrogen-bond donors (Lipinski definition) is 2. The number of carboxylic acids is 1. The Bertz CT molecular complexity index is 290. The molecule has 2 atom stereocenters. The maximum absolute atomic E-state index is 10.7. The van der Waals surface area contributed by atoms with Gasteiger partial charge in [0.2, 0.25) is 6.04 Å². The number of nitrogens with zero attached hydrogens (tertiary/aromatic N) is 1. The quantitative estimate of drug-likeness (QED) is 0.270. The Balaban J connectivity index is 4.12. The number of hydrogen-bond acceptors (Lipinski definition) is 4. The van der Waals surface area contributed by atoms with Crippen LogP contribution in [0.15, 0.2) is 12.2 Å². The Hall–Kier alpha value is -1.43. The van der Waals surface area contributed by atoms with Crippen LogP contribution in [0.2, 0.25) is 0 Å². The molecule has 0 heterocycles. The number of aliphatic hydroxyl groups excluding tert-OH is 1. The molecule has 0 amide bonds. The van der Waals surface area contributed by atoms with E-state index in [1.807, 2.05) is 6.08 Å². The topological polar surface area (TPSA) is 101 Å². The first-order chi connectivity index (χ1) is 8.49. The molecule has 6 nitrogen and oxygen atoms in total. The molecule has 0 fully saturated rings. The van der Waals surface area contributed by atoms with Crippen LogP contribution in [0.5, 0.6) is 0 Å². The fraction of sp³-hybridized carbons (Fsp3) is 0.750. The number of carbonyl (C=O) groups is 1. The van der Waals surface area contributed by atoms with Gasteiger partial charge in [0.15, 0.2) is 0 Å². The molecule has 0 saturated carbocycles. The second-order valence-corrected chi connectivity index (χ2v) is 4.22. The van der Waals surface area contributed by atoms with Gasteiger partial charge in [0.25, 0.3) is 0 Å². The lowest BCUT2D eigenvalue weighted by Crippen LogP contribution is -2.34. The van der Waals surface area contributed by atoms with Crippen LogP contribution in [0.4, 0.5) is 0 Å². The van der Waals surface area contributed by atoms with Crippen molar-refractivity contribution in [2.24, 2.45) is 0 Å². The molecule has 0 radical (unpaired) electrons. The summed E-state index contributed by atoms with van der Waals surface area (Å²) < 4.78 is 0. The third-order valence-corrected chi connectivity index (χ3v) is 2.62. The summed E-state index contributed by atoms with van der Waals surface area (Å²) in [5, 5.41) is 28.6. The van der Waals surface area contributed by atoms with Crippen molar-refractivity contribution in [2.75, 3.05) is 0 Å². The first kappa shape index (κ1) is 16.6. The normalized spacial score (nSPS) is 14.6. The summed E-state index contributed by atoms with van der Waals surface area (Å²) in [4.78, 5) is 20.5. The van der Waals surface area contributed by atoms with Gasteiger partial charge in [-0.15, -0.1) is 0 Å². The van der Waals surface area contributed by atoms with E-state index in [1.165, 1.54) is 0 Å². The zero-order valence-corrected chi connectivity index (χ0v) is 10.6. The van der Waals surface area contributed by atoms with Crippen LogP contribution in [0.3, 0.4) is 0 Å². The van der Waals surface area contributed by atoms with Crippen molar-refractivity contribution in [1.29, 1.82) is 0 Å². The zero-order chi connectivity index (χ0) is 14.0. The third-order valence-electron chi connectivity index (χ3n) is 2.62. The summed E-state index contributed by atoms with van der Waals surface area (Å²) in [6.07, 6.45) is 5.63. The van der Waals surface area contributed by atoms with E-state index in [1.54, 1.807) is 6.08 Å². The molecule has 0 aliphatic rings. The molecule has 2 N–H and O–H groups in total. The van der Waals surface area contributed by atoms with Gasteiger partial charge in [0, 0.05) is 11.3 Å². The highest BCUT2D eigenvalue weighted by molar-refractivity contribution is 5.67. The van der Waals surface area contributed by atoms with E-state index in [-0.39, 0.29) is 6.42 Å². The average Bonchev–Trinajstić information content (AvgIpc) is 2.26. The molecule has 0 aliphatic carbocycles. The minimum absolute atomic E-state index is 0.0631. The van der Waals surface area contributed by atoms with E-state index < -0.39 is 29.5 Å². The van der Waals surface area contributed by atoms with Crippen LogP contribution in [0.25, 0.3) is 0 Å². The van der Waals surface area contributed by atoms with Gasteiger partial charge in [-0.25, -0.2) is 0 Å². The van der Waals surface area contributed by atoms with Crippen LogP contribution in [-0.2, 0) is 4.79 Å². The van der Waals surface area contributed by atoms with Crippen molar-refractivity contribution in [3.05, 3.63) is 22.3 Å². The van der Waals surface area contributed by atoms with Crippen LogP contribution in [0.1, 0.15) is 45.4 Å². The number of nitro groups is 1. The van der Waals surface area contributed by atoms with Crippen molar-refractivity contribution in [2.45, 2.75) is 57.6 Å². The highest BCUT2D eigenvalue weighted by Gasteiger charge is 2.30. The Labute approximate surface area is 106 Å². The van der Waals surface area contributed by atoms with Gasteiger partial charge < -0.3 is 10.2 Å². The zero-order valence-electron chi connectivity index (χ0n) is 10.6. The maximum atomic E-state index is 10.7. The molecule has 0 aromatic carbocycles. The average molecular weight is 259 g/mol. The second kappa shape index (κ2) is 9.58. The highest BCUT2D eigenvalue weighted by atomic mass is 16.6. The summed E-state index contributed by atoms with van der Waals surface area (Å²) in [5.74, 6) is -1.23. The first-order valence-corrected chi connectivity index (χ1v) is 6.17. The van der Waals surface area contributed by atoms with Crippen LogP contribution >= 0.6 is 0 Å². The Morgan fingerprint density at radius 3 is 2.56 bits per heavy atom. The van der Waals surface area contributed by atoms with E-state index in [0.717, 1.165) is 25.7 Å². The van der Waals surface area contributed by atoms with Gasteiger partial charge >= 0.3 is 5.97 Å². The molecule has 0 saturated heterocycles. The van der Waals surface area contributed by atoms with Gasteiger partial charge in [-0.1, -0.05) is 31.9 Å².